The molecular weight excluding hydrogens is 290 g/mol. The number of carbonyl (C=O) groups excluding carboxylic acids is 2. The summed E-state index contributed by atoms with van der Waals surface area (Å²) in [5, 5.41) is 6.08. The normalized spacial score (nSPS) is 10.2. The molecule has 1 heterocycles. The van der Waals surface area contributed by atoms with Crippen LogP contribution in [0.2, 0.25) is 0 Å². The third-order valence-electron chi connectivity index (χ3n) is 2.75. The predicted octanol–water partition coefficient (Wildman–Crippen LogP) is 0.828. The summed E-state index contributed by atoms with van der Waals surface area (Å²) in [5.41, 5.74) is 5.79. The van der Waals surface area contributed by atoms with Crippen LogP contribution in [0.25, 0.3) is 0 Å². The monoisotopic (exact) mass is 313 g/mol. The van der Waals surface area contributed by atoms with Crippen molar-refractivity contribution in [2.45, 2.75) is 26.7 Å². The van der Waals surface area contributed by atoms with Gasteiger partial charge in [-0.15, -0.1) is 0 Å². The van der Waals surface area contributed by atoms with Crippen LogP contribution >= 0.6 is 11.3 Å². The number of carbonyl (C=O) groups is 2. The van der Waals surface area contributed by atoms with Gasteiger partial charge in [0.05, 0.1) is 0 Å². The average Bonchev–Trinajstić information content (AvgIpc) is 2.81. The van der Waals surface area contributed by atoms with E-state index in [1.165, 1.54) is 11.3 Å². The maximum atomic E-state index is 12.0. The number of thiazole rings is 1. The van der Waals surface area contributed by atoms with E-state index in [2.05, 4.69) is 22.5 Å². The van der Waals surface area contributed by atoms with Gasteiger partial charge in [0.2, 0.25) is 5.91 Å². The summed E-state index contributed by atoms with van der Waals surface area (Å²) in [5.74, 6) is -0.141. The first-order valence-electron chi connectivity index (χ1n) is 7.01. The molecule has 0 spiro atoms. The number of anilines is 2. The molecule has 0 bridgehead atoms. The van der Waals surface area contributed by atoms with Crippen molar-refractivity contribution in [3.63, 3.8) is 0 Å². The number of nitrogens with zero attached hydrogens (tertiary/aromatic N) is 2. The van der Waals surface area contributed by atoms with Crippen molar-refractivity contribution < 1.29 is 9.59 Å². The van der Waals surface area contributed by atoms with Crippen LogP contribution in [0.1, 0.15) is 36.4 Å². The minimum Gasteiger partial charge on any atom is -0.382 e. The Labute approximate surface area is 128 Å². The van der Waals surface area contributed by atoms with Gasteiger partial charge < -0.3 is 21.3 Å². The molecule has 0 aliphatic heterocycles. The Hall–Kier alpha value is -1.83. The van der Waals surface area contributed by atoms with Crippen LogP contribution in [0.15, 0.2) is 0 Å². The summed E-state index contributed by atoms with van der Waals surface area (Å²) in [7, 11) is 1.92. The Morgan fingerprint density at radius 3 is 2.67 bits per heavy atom. The molecule has 0 fully saturated rings. The van der Waals surface area contributed by atoms with E-state index in [0.717, 1.165) is 18.1 Å². The van der Waals surface area contributed by atoms with Gasteiger partial charge in [-0.2, -0.15) is 0 Å². The smallest absolute Gasteiger partial charge is 0.265 e. The fraction of sp³-hybridized carbons (Fsp3) is 0.615. The summed E-state index contributed by atoms with van der Waals surface area (Å²) < 4.78 is 0. The molecule has 0 saturated heterocycles. The lowest BCUT2D eigenvalue weighted by Crippen LogP contribution is -2.30. The third-order valence-corrected chi connectivity index (χ3v) is 3.93. The van der Waals surface area contributed by atoms with Crippen LogP contribution in [-0.4, -0.2) is 43.5 Å². The SMILES string of the molecule is CCCN(C)c1nc(N)c(C(=O)NCCC(=O)NCC)s1. The van der Waals surface area contributed by atoms with E-state index in [9.17, 15) is 9.59 Å². The van der Waals surface area contributed by atoms with E-state index >= 15 is 0 Å². The van der Waals surface area contributed by atoms with Crippen LogP contribution in [0, 0.1) is 0 Å². The number of hydrogen-bond donors (Lipinski definition) is 3. The molecule has 0 saturated carbocycles. The maximum absolute atomic E-state index is 12.0. The topological polar surface area (TPSA) is 100 Å². The lowest BCUT2D eigenvalue weighted by molar-refractivity contribution is -0.120. The fourth-order valence-corrected chi connectivity index (χ4v) is 2.62. The molecule has 0 aromatic carbocycles. The molecule has 1 aromatic heterocycles. The van der Waals surface area contributed by atoms with Gasteiger partial charge in [-0.3, -0.25) is 9.59 Å². The largest absolute Gasteiger partial charge is 0.382 e. The highest BCUT2D eigenvalue weighted by atomic mass is 32.1. The first-order chi connectivity index (χ1) is 9.99. The van der Waals surface area contributed by atoms with Crippen LogP contribution in [0.3, 0.4) is 0 Å². The first kappa shape index (κ1) is 17.2. The standard InChI is InChI=1S/C13H23N5O2S/c1-4-8-18(3)13-17-11(14)10(21-13)12(20)16-7-6-9(19)15-5-2/h4-8,14H2,1-3H3,(H,15,19)(H,16,20). The quantitative estimate of drug-likeness (QED) is 0.660. The van der Waals surface area contributed by atoms with E-state index in [1.54, 1.807) is 0 Å². The van der Waals surface area contributed by atoms with E-state index in [-0.39, 0.29) is 30.6 Å². The zero-order chi connectivity index (χ0) is 15.8. The Bertz CT molecular complexity index is 489. The van der Waals surface area contributed by atoms with Crippen molar-refractivity contribution in [1.29, 1.82) is 0 Å². The number of hydrogen-bond acceptors (Lipinski definition) is 6. The highest BCUT2D eigenvalue weighted by Crippen LogP contribution is 2.27. The van der Waals surface area contributed by atoms with Crippen LogP contribution < -0.4 is 21.3 Å². The molecule has 0 unspecified atom stereocenters. The first-order valence-corrected chi connectivity index (χ1v) is 7.83. The van der Waals surface area contributed by atoms with Crippen LogP contribution in [0.4, 0.5) is 10.9 Å². The van der Waals surface area contributed by atoms with Gasteiger partial charge in [0.25, 0.3) is 5.91 Å². The van der Waals surface area contributed by atoms with Crippen LogP contribution in [-0.2, 0) is 4.79 Å². The van der Waals surface area contributed by atoms with Gasteiger partial charge in [-0.1, -0.05) is 18.3 Å². The zero-order valence-electron chi connectivity index (χ0n) is 12.7. The molecular formula is C13H23N5O2S. The molecule has 0 atom stereocenters. The molecule has 2 amide bonds. The summed E-state index contributed by atoms with van der Waals surface area (Å²) in [4.78, 5) is 29.9. The van der Waals surface area contributed by atoms with Crippen molar-refractivity contribution >= 4 is 34.1 Å². The molecule has 0 radical (unpaired) electrons. The zero-order valence-corrected chi connectivity index (χ0v) is 13.5. The van der Waals surface area contributed by atoms with E-state index in [0.29, 0.717) is 11.4 Å². The third kappa shape index (κ3) is 5.22. The Morgan fingerprint density at radius 2 is 2.05 bits per heavy atom. The lowest BCUT2D eigenvalue weighted by atomic mass is 10.3. The van der Waals surface area contributed by atoms with Gasteiger partial charge in [0.15, 0.2) is 5.13 Å². The predicted molar refractivity (Wildman–Crippen MR) is 85.7 cm³/mol. The molecule has 0 aliphatic carbocycles. The molecule has 4 N–H and O–H groups in total. The molecule has 0 aliphatic rings. The number of rotatable bonds is 8. The number of aromatic nitrogens is 1. The van der Waals surface area contributed by atoms with Crippen molar-refractivity contribution in [3.8, 4) is 0 Å². The molecule has 21 heavy (non-hydrogen) atoms. The maximum Gasteiger partial charge on any atom is 0.265 e. The van der Waals surface area contributed by atoms with Gasteiger partial charge in [0.1, 0.15) is 10.7 Å². The van der Waals surface area contributed by atoms with Crippen molar-refractivity contribution in [1.82, 2.24) is 15.6 Å². The van der Waals surface area contributed by atoms with Gasteiger partial charge in [-0.25, -0.2) is 4.98 Å². The molecule has 1 rings (SSSR count). The minimum atomic E-state index is -0.287. The van der Waals surface area contributed by atoms with E-state index in [1.807, 2.05) is 18.9 Å². The van der Waals surface area contributed by atoms with E-state index in [4.69, 9.17) is 5.73 Å². The van der Waals surface area contributed by atoms with Crippen molar-refractivity contribution in [3.05, 3.63) is 4.88 Å². The second-order valence-electron chi connectivity index (χ2n) is 4.59. The minimum absolute atomic E-state index is 0.0848. The van der Waals surface area contributed by atoms with Crippen LogP contribution in [0.5, 0.6) is 0 Å². The Balaban J connectivity index is 2.56. The van der Waals surface area contributed by atoms with E-state index < -0.39 is 0 Å². The molecule has 8 heteroatoms. The fourth-order valence-electron chi connectivity index (χ4n) is 1.73. The lowest BCUT2D eigenvalue weighted by Gasteiger charge is -2.13. The van der Waals surface area contributed by atoms with Gasteiger partial charge >= 0.3 is 0 Å². The Morgan fingerprint density at radius 1 is 1.33 bits per heavy atom. The summed E-state index contributed by atoms with van der Waals surface area (Å²) in [6.45, 7) is 5.64. The van der Waals surface area contributed by atoms with Crippen molar-refractivity contribution in [2.75, 3.05) is 37.3 Å². The van der Waals surface area contributed by atoms with Gasteiger partial charge in [-0.05, 0) is 13.3 Å². The molecule has 1 aromatic rings. The number of nitrogens with one attached hydrogen (secondary N) is 2. The highest BCUT2D eigenvalue weighted by Gasteiger charge is 2.17. The van der Waals surface area contributed by atoms with Gasteiger partial charge in [0, 0.05) is 33.1 Å². The number of nitrogens with two attached hydrogens (primary N) is 1. The highest BCUT2D eigenvalue weighted by molar-refractivity contribution is 7.18. The molecule has 118 valence electrons. The summed E-state index contributed by atoms with van der Waals surface area (Å²) in [6.07, 6.45) is 1.24. The average molecular weight is 313 g/mol. The Kier molecular flexibility index (Phi) is 6.93. The summed E-state index contributed by atoms with van der Waals surface area (Å²) >= 11 is 1.26. The second kappa shape index (κ2) is 8.46. The summed E-state index contributed by atoms with van der Waals surface area (Å²) in [6, 6.07) is 0. The number of nitrogen functional groups attached to an aromatic ring is 1. The second-order valence-corrected chi connectivity index (χ2v) is 5.57. The molecule has 7 nitrogen and oxygen atoms in total. The van der Waals surface area contributed by atoms with Crippen molar-refractivity contribution in [2.24, 2.45) is 0 Å². The number of amides is 2.